The maximum absolute atomic E-state index is 13.4. The lowest BCUT2D eigenvalue weighted by atomic mass is 10.2. The van der Waals surface area contributed by atoms with E-state index >= 15 is 0 Å². The SMILES string of the molecule is N#CCOc1ccc(/C=N\NC(=O)c2ccccc2F)cc1. The zero-order chi connectivity index (χ0) is 15.8. The second-order valence-electron chi connectivity index (χ2n) is 4.19. The van der Waals surface area contributed by atoms with Crippen molar-refractivity contribution in [2.24, 2.45) is 5.10 Å². The van der Waals surface area contributed by atoms with Gasteiger partial charge in [-0.1, -0.05) is 12.1 Å². The van der Waals surface area contributed by atoms with Gasteiger partial charge in [0.2, 0.25) is 0 Å². The normalized spacial score (nSPS) is 10.2. The highest BCUT2D eigenvalue weighted by Gasteiger charge is 2.08. The van der Waals surface area contributed by atoms with Gasteiger partial charge in [0.05, 0.1) is 11.8 Å². The average Bonchev–Trinajstić information content (AvgIpc) is 2.54. The number of carbonyl (C=O) groups is 1. The van der Waals surface area contributed by atoms with Crippen molar-refractivity contribution in [1.82, 2.24) is 5.43 Å². The molecule has 0 saturated heterocycles. The van der Waals surface area contributed by atoms with Crippen LogP contribution in [0.25, 0.3) is 0 Å². The fraction of sp³-hybridized carbons (Fsp3) is 0.0625. The van der Waals surface area contributed by atoms with Gasteiger partial charge < -0.3 is 4.74 Å². The second-order valence-corrected chi connectivity index (χ2v) is 4.19. The average molecular weight is 297 g/mol. The molecule has 110 valence electrons. The van der Waals surface area contributed by atoms with Crippen LogP contribution in [0.15, 0.2) is 53.6 Å². The molecule has 0 bridgehead atoms. The molecule has 0 saturated carbocycles. The number of hydrogen-bond donors (Lipinski definition) is 1. The molecule has 0 fully saturated rings. The largest absolute Gasteiger partial charge is 0.479 e. The standard InChI is InChI=1S/C16H12FN3O2/c17-15-4-2-1-3-14(15)16(21)20-19-11-12-5-7-13(8-6-12)22-10-9-18/h1-8,11H,10H2,(H,20,21)/b19-11-. The first-order chi connectivity index (χ1) is 10.7. The fourth-order valence-electron chi connectivity index (χ4n) is 1.64. The topological polar surface area (TPSA) is 74.5 Å². The number of rotatable bonds is 5. The summed E-state index contributed by atoms with van der Waals surface area (Å²) in [5.41, 5.74) is 2.90. The van der Waals surface area contributed by atoms with Gasteiger partial charge in [-0.25, -0.2) is 9.82 Å². The van der Waals surface area contributed by atoms with Crippen molar-refractivity contribution in [3.63, 3.8) is 0 Å². The van der Waals surface area contributed by atoms with Crippen molar-refractivity contribution in [1.29, 1.82) is 5.26 Å². The molecular formula is C16H12FN3O2. The number of nitriles is 1. The summed E-state index contributed by atoms with van der Waals surface area (Å²) in [5, 5.41) is 12.2. The Hall–Kier alpha value is -3.20. The van der Waals surface area contributed by atoms with Crippen LogP contribution < -0.4 is 10.2 Å². The molecule has 0 aliphatic carbocycles. The summed E-state index contributed by atoms with van der Waals surface area (Å²) in [5.74, 6) is -0.661. The monoisotopic (exact) mass is 297 g/mol. The van der Waals surface area contributed by atoms with Gasteiger partial charge in [-0.05, 0) is 42.0 Å². The molecule has 22 heavy (non-hydrogen) atoms. The van der Waals surface area contributed by atoms with Crippen molar-refractivity contribution in [3.05, 3.63) is 65.5 Å². The molecule has 0 spiro atoms. The number of amides is 1. The molecule has 0 atom stereocenters. The van der Waals surface area contributed by atoms with Crippen LogP contribution in [0, 0.1) is 17.1 Å². The first-order valence-electron chi connectivity index (χ1n) is 6.38. The van der Waals surface area contributed by atoms with Gasteiger partial charge in [0.15, 0.2) is 6.61 Å². The quantitative estimate of drug-likeness (QED) is 0.680. The Morgan fingerprint density at radius 3 is 2.68 bits per heavy atom. The van der Waals surface area contributed by atoms with Crippen LogP contribution in [0.4, 0.5) is 4.39 Å². The summed E-state index contributed by atoms with van der Waals surface area (Å²) in [6.07, 6.45) is 1.42. The molecule has 0 aliphatic heterocycles. The lowest BCUT2D eigenvalue weighted by molar-refractivity contribution is 0.0951. The van der Waals surface area contributed by atoms with Crippen LogP contribution >= 0.6 is 0 Å². The van der Waals surface area contributed by atoms with Crippen molar-refractivity contribution in [2.75, 3.05) is 6.61 Å². The molecule has 0 heterocycles. The molecule has 1 amide bonds. The number of halogens is 1. The molecule has 6 heteroatoms. The predicted octanol–water partition coefficient (Wildman–Crippen LogP) is 2.49. The summed E-state index contributed by atoms with van der Waals surface area (Å²) in [7, 11) is 0. The second kappa shape index (κ2) is 7.55. The van der Waals surface area contributed by atoms with Crippen molar-refractivity contribution < 1.29 is 13.9 Å². The van der Waals surface area contributed by atoms with E-state index in [1.165, 1.54) is 24.4 Å². The fourth-order valence-corrected chi connectivity index (χ4v) is 1.64. The summed E-state index contributed by atoms with van der Waals surface area (Å²) in [4.78, 5) is 11.7. The zero-order valence-corrected chi connectivity index (χ0v) is 11.5. The Kier molecular flexibility index (Phi) is 5.21. The smallest absolute Gasteiger partial charge is 0.274 e. The molecule has 5 nitrogen and oxygen atoms in total. The number of benzene rings is 2. The molecule has 1 N–H and O–H groups in total. The number of hydrogen-bond acceptors (Lipinski definition) is 4. The number of nitrogens with one attached hydrogen (secondary N) is 1. The van der Waals surface area contributed by atoms with Crippen LogP contribution in [0.2, 0.25) is 0 Å². The van der Waals surface area contributed by atoms with Gasteiger partial charge in [-0.3, -0.25) is 4.79 Å². The first kappa shape index (κ1) is 15.2. The van der Waals surface area contributed by atoms with Crippen LogP contribution in [-0.4, -0.2) is 18.7 Å². The van der Waals surface area contributed by atoms with Gasteiger partial charge in [0, 0.05) is 0 Å². The van der Waals surface area contributed by atoms with Gasteiger partial charge >= 0.3 is 0 Å². The van der Waals surface area contributed by atoms with Gasteiger partial charge in [0.25, 0.3) is 5.91 Å². The third-order valence-corrected chi connectivity index (χ3v) is 2.68. The van der Waals surface area contributed by atoms with E-state index in [1.807, 2.05) is 6.07 Å². The molecular weight excluding hydrogens is 285 g/mol. The van der Waals surface area contributed by atoms with Gasteiger partial charge in [-0.15, -0.1) is 0 Å². The Labute approximate surface area is 126 Å². The number of hydrazone groups is 1. The zero-order valence-electron chi connectivity index (χ0n) is 11.5. The molecule has 2 aromatic carbocycles. The molecule has 0 radical (unpaired) electrons. The van der Waals surface area contributed by atoms with E-state index in [2.05, 4.69) is 10.5 Å². The van der Waals surface area contributed by atoms with E-state index in [-0.39, 0.29) is 12.2 Å². The lowest BCUT2D eigenvalue weighted by Gasteiger charge is -2.02. The highest BCUT2D eigenvalue weighted by atomic mass is 19.1. The summed E-state index contributed by atoms with van der Waals surface area (Å²) in [6, 6.07) is 14.3. The van der Waals surface area contributed by atoms with Crippen LogP contribution in [0.3, 0.4) is 0 Å². The van der Waals surface area contributed by atoms with Crippen molar-refractivity contribution >= 4 is 12.1 Å². The minimum absolute atomic E-state index is 0.0217. The Morgan fingerprint density at radius 1 is 1.27 bits per heavy atom. The van der Waals surface area contributed by atoms with Crippen LogP contribution in [0.1, 0.15) is 15.9 Å². The van der Waals surface area contributed by atoms with E-state index in [0.29, 0.717) is 5.75 Å². The van der Waals surface area contributed by atoms with Crippen LogP contribution in [-0.2, 0) is 0 Å². The highest BCUT2D eigenvalue weighted by molar-refractivity contribution is 5.95. The van der Waals surface area contributed by atoms with E-state index < -0.39 is 11.7 Å². The molecule has 2 aromatic rings. The maximum atomic E-state index is 13.4. The van der Waals surface area contributed by atoms with Crippen LogP contribution in [0.5, 0.6) is 5.75 Å². The summed E-state index contributed by atoms with van der Waals surface area (Å²) < 4.78 is 18.5. The molecule has 2 rings (SSSR count). The minimum atomic E-state index is -0.622. The predicted molar refractivity (Wildman–Crippen MR) is 79.0 cm³/mol. The first-order valence-corrected chi connectivity index (χ1v) is 6.38. The Bertz CT molecular complexity index is 721. The van der Waals surface area contributed by atoms with E-state index in [1.54, 1.807) is 30.3 Å². The van der Waals surface area contributed by atoms with Gasteiger partial charge in [-0.2, -0.15) is 10.4 Å². The lowest BCUT2D eigenvalue weighted by Crippen LogP contribution is -2.18. The summed E-state index contributed by atoms with van der Waals surface area (Å²) >= 11 is 0. The van der Waals surface area contributed by atoms with E-state index in [4.69, 9.17) is 10.00 Å². The van der Waals surface area contributed by atoms with Crippen molar-refractivity contribution in [3.8, 4) is 11.8 Å². The number of ether oxygens (including phenoxy) is 1. The Balaban J connectivity index is 1.94. The van der Waals surface area contributed by atoms with Gasteiger partial charge in [0.1, 0.15) is 17.6 Å². The molecule has 0 aromatic heterocycles. The van der Waals surface area contributed by atoms with E-state index in [9.17, 15) is 9.18 Å². The van der Waals surface area contributed by atoms with Crippen molar-refractivity contribution in [2.45, 2.75) is 0 Å². The molecule has 0 aliphatic rings. The summed E-state index contributed by atoms with van der Waals surface area (Å²) in [6.45, 7) is -0.0217. The maximum Gasteiger partial charge on any atom is 0.274 e. The third kappa shape index (κ3) is 4.15. The van der Waals surface area contributed by atoms with E-state index in [0.717, 1.165) is 5.56 Å². The highest BCUT2D eigenvalue weighted by Crippen LogP contribution is 2.10. The number of nitrogens with zero attached hydrogens (tertiary/aromatic N) is 2. The minimum Gasteiger partial charge on any atom is -0.479 e. The third-order valence-electron chi connectivity index (χ3n) is 2.68. The Morgan fingerprint density at radius 2 is 2.00 bits per heavy atom. The molecule has 0 unspecified atom stereocenters. The number of carbonyl (C=O) groups excluding carboxylic acids is 1.